The average Bonchev–Trinajstić information content (AvgIpc) is 3.00. The topological polar surface area (TPSA) is 125 Å². The summed E-state index contributed by atoms with van der Waals surface area (Å²) in [5, 5.41) is 13.1. The van der Waals surface area contributed by atoms with Gasteiger partial charge in [0.1, 0.15) is 5.82 Å². The van der Waals surface area contributed by atoms with Crippen LogP contribution in [-0.4, -0.2) is 43.6 Å². The monoisotopic (exact) mass is 485 g/mol. The molecule has 12 heteroatoms. The summed E-state index contributed by atoms with van der Waals surface area (Å²) in [4.78, 5) is 26.0. The summed E-state index contributed by atoms with van der Waals surface area (Å²) >= 11 is 5.76. The molecule has 32 heavy (non-hydrogen) atoms. The zero-order chi connectivity index (χ0) is 23.5. The lowest BCUT2D eigenvalue weighted by Gasteiger charge is -2.23. The molecule has 0 radical (unpaired) electrons. The van der Waals surface area contributed by atoms with Gasteiger partial charge in [-0.3, -0.25) is 9.52 Å². The number of anilines is 2. The largest absolute Gasteiger partial charge is 0.410 e. The van der Waals surface area contributed by atoms with E-state index in [0.717, 1.165) is 6.07 Å². The Bertz CT molecular complexity index is 1130. The van der Waals surface area contributed by atoms with E-state index in [1.54, 1.807) is 12.1 Å². The minimum absolute atomic E-state index is 0.0338. The maximum atomic E-state index is 13.4. The van der Waals surface area contributed by atoms with Gasteiger partial charge < -0.3 is 20.1 Å². The molecule has 2 amide bonds. The highest BCUT2D eigenvalue weighted by atomic mass is 35.5. The maximum absolute atomic E-state index is 13.4. The van der Waals surface area contributed by atoms with Crippen LogP contribution in [0.25, 0.3) is 0 Å². The van der Waals surface area contributed by atoms with Gasteiger partial charge in [-0.2, -0.15) is 0 Å². The Morgan fingerprint density at radius 3 is 2.75 bits per heavy atom. The van der Waals surface area contributed by atoms with Crippen molar-refractivity contribution in [2.45, 2.75) is 25.7 Å². The molecule has 2 aromatic carbocycles. The first-order chi connectivity index (χ1) is 15.0. The summed E-state index contributed by atoms with van der Waals surface area (Å²) in [6.45, 7) is 1.39. The molecule has 1 saturated heterocycles. The summed E-state index contributed by atoms with van der Waals surface area (Å²) in [6.07, 6.45) is -1.27. The van der Waals surface area contributed by atoms with E-state index in [2.05, 4.69) is 10.0 Å². The van der Waals surface area contributed by atoms with Crippen LogP contribution in [0.1, 0.15) is 18.9 Å². The minimum atomic E-state index is -3.51. The molecular formula is C20H21ClFN3O6S. The highest BCUT2D eigenvalue weighted by Crippen LogP contribution is 2.31. The molecule has 0 bridgehead atoms. The smallest absolute Gasteiger partial charge is 0.407 e. The van der Waals surface area contributed by atoms with Crippen LogP contribution >= 0.6 is 11.6 Å². The first kappa shape index (κ1) is 23.8. The molecule has 3 N–H and O–H groups in total. The van der Waals surface area contributed by atoms with Crippen molar-refractivity contribution in [1.82, 2.24) is 5.32 Å². The van der Waals surface area contributed by atoms with Gasteiger partial charge in [0.25, 0.3) is 11.7 Å². The Balaban J connectivity index is 1.65. The molecule has 0 saturated carbocycles. The second-order valence-electron chi connectivity index (χ2n) is 7.07. The summed E-state index contributed by atoms with van der Waals surface area (Å²) in [5.74, 6) is -3.98. The fourth-order valence-electron chi connectivity index (χ4n) is 3.09. The quantitative estimate of drug-likeness (QED) is 0.518. The van der Waals surface area contributed by atoms with Crippen molar-refractivity contribution in [1.29, 1.82) is 0 Å². The lowest BCUT2D eigenvalue weighted by Crippen LogP contribution is -2.46. The first-order valence-corrected chi connectivity index (χ1v) is 11.6. The van der Waals surface area contributed by atoms with E-state index in [0.29, 0.717) is 11.3 Å². The van der Waals surface area contributed by atoms with Crippen LogP contribution in [0.4, 0.5) is 20.6 Å². The molecule has 1 atom stereocenters. The number of nitrogens with zero attached hydrogens (tertiary/aromatic N) is 1. The number of halogens is 2. The van der Waals surface area contributed by atoms with Gasteiger partial charge in [-0.25, -0.2) is 17.6 Å². The minimum Gasteiger partial charge on any atom is -0.407 e. The number of aliphatic hydroxyl groups is 1. The number of nitrogens with one attached hydrogen (secondary N) is 2. The van der Waals surface area contributed by atoms with Gasteiger partial charge in [0, 0.05) is 30.2 Å². The molecule has 9 nitrogen and oxygen atoms in total. The fourth-order valence-corrected chi connectivity index (χ4v) is 3.96. The number of sulfonamides is 1. The Labute approximate surface area is 189 Å². The first-order valence-electron chi connectivity index (χ1n) is 9.58. The van der Waals surface area contributed by atoms with Crippen LogP contribution in [0, 0.1) is 5.82 Å². The van der Waals surface area contributed by atoms with Crippen LogP contribution in [0.15, 0.2) is 42.5 Å². The molecule has 0 aliphatic carbocycles. The van der Waals surface area contributed by atoms with Crippen LogP contribution in [0.2, 0.25) is 5.02 Å². The number of alkyl carbamates (subject to hydrolysis) is 1. The third-order valence-electron chi connectivity index (χ3n) is 4.69. The van der Waals surface area contributed by atoms with Gasteiger partial charge in [-0.1, -0.05) is 17.7 Å². The van der Waals surface area contributed by atoms with Crippen molar-refractivity contribution in [2.75, 3.05) is 21.9 Å². The summed E-state index contributed by atoms with van der Waals surface area (Å²) < 4.78 is 44.2. The fraction of sp³-hybridized carbons (Fsp3) is 0.300. The van der Waals surface area contributed by atoms with E-state index in [-0.39, 0.29) is 36.0 Å². The van der Waals surface area contributed by atoms with E-state index in [4.69, 9.17) is 16.3 Å². The van der Waals surface area contributed by atoms with Gasteiger partial charge in [0.15, 0.2) is 0 Å². The SMILES string of the molecule is CCS(=O)(=O)Nc1cccc(N2CC[C@@](O)(OC(=O)NCc3cc(F)cc(Cl)c3)C2=O)c1. The van der Waals surface area contributed by atoms with Crippen LogP contribution < -0.4 is 14.9 Å². The second kappa shape index (κ2) is 9.31. The molecule has 0 unspecified atom stereocenters. The molecule has 0 aromatic heterocycles. The van der Waals surface area contributed by atoms with Crippen LogP contribution in [0.5, 0.6) is 0 Å². The standard InChI is InChI=1S/C20H21ClFN3O6S/c1-2-32(29,30)24-16-4-3-5-17(11-16)25-7-6-20(28,18(25)26)31-19(27)23-12-13-8-14(21)10-15(22)9-13/h3-5,8-11,24,28H,2,6-7,12H2,1H3,(H,23,27)/t20-/m1/s1. The van der Waals surface area contributed by atoms with E-state index in [9.17, 15) is 27.5 Å². The van der Waals surface area contributed by atoms with Crippen molar-refractivity contribution in [3.05, 3.63) is 58.9 Å². The van der Waals surface area contributed by atoms with Gasteiger partial charge in [-0.15, -0.1) is 0 Å². The number of carbonyl (C=O) groups excluding carboxylic acids is 2. The summed E-state index contributed by atoms with van der Waals surface area (Å²) in [6, 6.07) is 9.79. The molecule has 1 fully saturated rings. The molecule has 2 aromatic rings. The molecule has 1 heterocycles. The Kier molecular flexibility index (Phi) is 6.91. The van der Waals surface area contributed by atoms with E-state index >= 15 is 0 Å². The maximum Gasteiger partial charge on any atom is 0.410 e. The number of amides is 2. The lowest BCUT2D eigenvalue weighted by molar-refractivity contribution is -0.175. The van der Waals surface area contributed by atoms with Crippen molar-refractivity contribution < 1.29 is 32.2 Å². The molecular weight excluding hydrogens is 465 g/mol. The van der Waals surface area contributed by atoms with Crippen molar-refractivity contribution in [3.8, 4) is 0 Å². The van der Waals surface area contributed by atoms with Crippen LogP contribution in [0.3, 0.4) is 0 Å². The number of carbonyl (C=O) groups is 2. The van der Waals surface area contributed by atoms with Crippen molar-refractivity contribution in [3.63, 3.8) is 0 Å². The summed E-state index contributed by atoms with van der Waals surface area (Å²) in [7, 11) is -3.51. The van der Waals surface area contributed by atoms with E-state index in [1.807, 2.05) is 0 Å². The molecule has 3 rings (SSSR count). The highest BCUT2D eigenvalue weighted by Gasteiger charge is 2.49. The van der Waals surface area contributed by atoms with Gasteiger partial charge in [-0.05, 0) is 48.9 Å². The highest BCUT2D eigenvalue weighted by molar-refractivity contribution is 7.92. The molecule has 172 valence electrons. The normalized spacial score (nSPS) is 18.5. The Hall–Kier alpha value is -2.89. The third kappa shape index (κ3) is 5.67. The van der Waals surface area contributed by atoms with Gasteiger partial charge in [0.2, 0.25) is 10.0 Å². The second-order valence-corrected chi connectivity index (χ2v) is 9.52. The lowest BCUT2D eigenvalue weighted by atomic mass is 10.2. The van der Waals surface area contributed by atoms with Gasteiger partial charge >= 0.3 is 6.09 Å². The predicted octanol–water partition coefficient (Wildman–Crippen LogP) is 2.59. The number of hydrogen-bond acceptors (Lipinski definition) is 6. The zero-order valence-electron chi connectivity index (χ0n) is 17.0. The van der Waals surface area contributed by atoms with Gasteiger partial charge in [0.05, 0.1) is 11.4 Å². The number of rotatable bonds is 7. The van der Waals surface area contributed by atoms with Crippen LogP contribution in [-0.2, 0) is 26.1 Å². The Morgan fingerprint density at radius 2 is 2.06 bits per heavy atom. The Morgan fingerprint density at radius 1 is 1.31 bits per heavy atom. The third-order valence-corrected chi connectivity index (χ3v) is 6.21. The van der Waals surface area contributed by atoms with Crippen molar-refractivity contribution >= 4 is 45.0 Å². The van der Waals surface area contributed by atoms with E-state index in [1.165, 1.54) is 36.1 Å². The van der Waals surface area contributed by atoms with E-state index < -0.39 is 33.6 Å². The molecule has 1 aliphatic rings. The van der Waals surface area contributed by atoms with Crippen molar-refractivity contribution in [2.24, 2.45) is 0 Å². The average molecular weight is 486 g/mol. The predicted molar refractivity (Wildman–Crippen MR) is 116 cm³/mol. The molecule has 1 aliphatic heterocycles. The zero-order valence-corrected chi connectivity index (χ0v) is 18.5. The molecule has 0 spiro atoms. The number of hydrogen-bond donors (Lipinski definition) is 3. The summed E-state index contributed by atoms with van der Waals surface area (Å²) in [5.41, 5.74) is 0.935. The number of ether oxygens (including phenoxy) is 1. The number of benzene rings is 2.